The van der Waals surface area contributed by atoms with Crippen molar-refractivity contribution < 1.29 is 9.90 Å². The van der Waals surface area contributed by atoms with E-state index in [-0.39, 0.29) is 23.8 Å². The van der Waals surface area contributed by atoms with Gasteiger partial charge in [0.1, 0.15) is 0 Å². The molecule has 78 valence electrons. The Labute approximate surface area is 80.3 Å². The molecule has 0 bridgehead atoms. The molecule has 0 amide bonds. The lowest BCUT2D eigenvalue weighted by Crippen LogP contribution is -2.31. The van der Waals surface area contributed by atoms with E-state index in [1.807, 2.05) is 6.92 Å². The van der Waals surface area contributed by atoms with E-state index in [9.17, 15) is 4.79 Å². The van der Waals surface area contributed by atoms with Crippen LogP contribution in [0.15, 0.2) is 0 Å². The topological polar surface area (TPSA) is 63.3 Å². The molecule has 0 aliphatic carbocycles. The minimum atomic E-state index is -0.758. The summed E-state index contributed by atoms with van der Waals surface area (Å²) in [5.41, 5.74) is 5.88. The normalized spacial score (nSPS) is 16.7. The van der Waals surface area contributed by atoms with Gasteiger partial charge in [0.2, 0.25) is 0 Å². The molecule has 0 aromatic heterocycles. The molecule has 3 heteroatoms. The van der Waals surface area contributed by atoms with Gasteiger partial charge in [-0.05, 0) is 24.7 Å². The van der Waals surface area contributed by atoms with Crippen molar-refractivity contribution >= 4 is 5.97 Å². The standard InChI is InChI=1S/C10H21NO2/c1-7(11)8(5-9(12)13)6-10(2,3)4/h7-8H,5-6,11H2,1-4H3,(H,12,13). The van der Waals surface area contributed by atoms with Gasteiger partial charge in [0.15, 0.2) is 0 Å². The smallest absolute Gasteiger partial charge is 0.303 e. The Morgan fingerprint density at radius 2 is 1.92 bits per heavy atom. The molecule has 0 fully saturated rings. The highest BCUT2D eigenvalue weighted by Gasteiger charge is 2.23. The van der Waals surface area contributed by atoms with Crippen LogP contribution >= 0.6 is 0 Å². The van der Waals surface area contributed by atoms with Crippen LogP contribution in [0.2, 0.25) is 0 Å². The summed E-state index contributed by atoms with van der Waals surface area (Å²) < 4.78 is 0. The maximum atomic E-state index is 10.5. The van der Waals surface area contributed by atoms with Crippen LogP contribution in [-0.4, -0.2) is 17.1 Å². The lowest BCUT2D eigenvalue weighted by Gasteiger charge is -2.27. The van der Waals surface area contributed by atoms with Crippen LogP contribution in [-0.2, 0) is 4.79 Å². The maximum absolute atomic E-state index is 10.5. The zero-order valence-electron chi connectivity index (χ0n) is 9.00. The summed E-state index contributed by atoms with van der Waals surface area (Å²) in [6.07, 6.45) is 1.03. The number of hydrogen-bond donors (Lipinski definition) is 2. The molecule has 3 N–H and O–H groups in total. The number of carboxylic acid groups (broad SMARTS) is 1. The van der Waals surface area contributed by atoms with Crippen molar-refractivity contribution in [3.8, 4) is 0 Å². The molecule has 0 radical (unpaired) electrons. The molecule has 0 aliphatic heterocycles. The molecule has 0 saturated carbocycles. The van der Waals surface area contributed by atoms with Crippen LogP contribution in [0.3, 0.4) is 0 Å². The van der Waals surface area contributed by atoms with Gasteiger partial charge in [-0.25, -0.2) is 0 Å². The molecule has 13 heavy (non-hydrogen) atoms. The summed E-state index contributed by atoms with van der Waals surface area (Å²) in [6.45, 7) is 8.18. The van der Waals surface area contributed by atoms with Gasteiger partial charge in [-0.3, -0.25) is 4.79 Å². The van der Waals surface area contributed by atoms with Gasteiger partial charge < -0.3 is 10.8 Å². The van der Waals surface area contributed by atoms with Gasteiger partial charge >= 0.3 is 5.97 Å². The second-order valence-electron chi connectivity index (χ2n) is 4.98. The fraction of sp³-hybridized carbons (Fsp3) is 0.900. The van der Waals surface area contributed by atoms with Gasteiger partial charge in [0, 0.05) is 12.5 Å². The van der Waals surface area contributed by atoms with E-state index in [0.717, 1.165) is 6.42 Å². The van der Waals surface area contributed by atoms with Crippen LogP contribution in [0, 0.1) is 11.3 Å². The highest BCUT2D eigenvalue weighted by Crippen LogP contribution is 2.27. The highest BCUT2D eigenvalue weighted by molar-refractivity contribution is 5.67. The predicted octanol–water partition coefficient (Wildman–Crippen LogP) is 1.86. The minimum Gasteiger partial charge on any atom is -0.481 e. The van der Waals surface area contributed by atoms with Crippen molar-refractivity contribution in [2.75, 3.05) is 0 Å². The first-order valence-electron chi connectivity index (χ1n) is 4.70. The number of carboxylic acids is 1. The third kappa shape index (κ3) is 6.58. The van der Waals surface area contributed by atoms with Crippen molar-refractivity contribution in [3.05, 3.63) is 0 Å². The fourth-order valence-electron chi connectivity index (χ4n) is 1.45. The molecule has 0 heterocycles. The van der Waals surface area contributed by atoms with Gasteiger partial charge in [-0.15, -0.1) is 0 Å². The molecule has 3 nitrogen and oxygen atoms in total. The molecule has 0 saturated heterocycles. The van der Waals surface area contributed by atoms with Gasteiger partial charge in [-0.1, -0.05) is 20.8 Å². The van der Waals surface area contributed by atoms with Crippen molar-refractivity contribution in [2.24, 2.45) is 17.1 Å². The molecular weight excluding hydrogens is 166 g/mol. The molecule has 0 aliphatic rings. The van der Waals surface area contributed by atoms with Crippen molar-refractivity contribution in [3.63, 3.8) is 0 Å². The van der Waals surface area contributed by atoms with Crippen LogP contribution in [0.4, 0.5) is 0 Å². The third-order valence-corrected chi connectivity index (χ3v) is 2.05. The molecule has 0 aromatic carbocycles. The molecule has 2 unspecified atom stereocenters. The first-order chi connectivity index (χ1) is 5.72. The summed E-state index contributed by atoms with van der Waals surface area (Å²) in [5.74, 6) is -0.677. The number of nitrogens with two attached hydrogens (primary N) is 1. The van der Waals surface area contributed by atoms with Crippen LogP contribution in [0.25, 0.3) is 0 Å². The minimum absolute atomic E-state index is 0.0460. The first-order valence-corrected chi connectivity index (χ1v) is 4.70. The Morgan fingerprint density at radius 3 is 2.15 bits per heavy atom. The zero-order valence-corrected chi connectivity index (χ0v) is 9.00. The van der Waals surface area contributed by atoms with E-state index < -0.39 is 5.97 Å². The van der Waals surface area contributed by atoms with Gasteiger partial charge in [0.25, 0.3) is 0 Å². The monoisotopic (exact) mass is 187 g/mol. The highest BCUT2D eigenvalue weighted by atomic mass is 16.4. The molecular formula is C10H21NO2. The molecule has 2 atom stereocenters. The average molecular weight is 187 g/mol. The number of carbonyl (C=O) groups is 1. The van der Waals surface area contributed by atoms with Crippen molar-refractivity contribution in [2.45, 2.75) is 46.6 Å². The second kappa shape index (κ2) is 4.61. The number of aliphatic carboxylic acids is 1. The summed E-state index contributed by atoms with van der Waals surface area (Å²) in [5, 5.41) is 8.67. The van der Waals surface area contributed by atoms with E-state index in [0.29, 0.717) is 0 Å². The van der Waals surface area contributed by atoms with E-state index in [4.69, 9.17) is 10.8 Å². The van der Waals surface area contributed by atoms with Crippen molar-refractivity contribution in [1.29, 1.82) is 0 Å². The van der Waals surface area contributed by atoms with E-state index in [1.54, 1.807) is 0 Å². The van der Waals surface area contributed by atoms with E-state index in [2.05, 4.69) is 20.8 Å². The van der Waals surface area contributed by atoms with Crippen molar-refractivity contribution in [1.82, 2.24) is 0 Å². The molecule has 0 rings (SSSR count). The average Bonchev–Trinajstić information content (AvgIpc) is 1.81. The van der Waals surface area contributed by atoms with E-state index >= 15 is 0 Å². The quantitative estimate of drug-likeness (QED) is 0.706. The number of rotatable bonds is 4. The Hall–Kier alpha value is -0.570. The van der Waals surface area contributed by atoms with Crippen LogP contribution < -0.4 is 5.73 Å². The SMILES string of the molecule is CC(N)C(CC(=O)O)CC(C)(C)C. The Kier molecular flexibility index (Phi) is 4.40. The van der Waals surface area contributed by atoms with Crippen LogP contribution in [0.1, 0.15) is 40.5 Å². The Bertz CT molecular complexity index is 170. The Balaban J connectivity index is 4.19. The lowest BCUT2D eigenvalue weighted by atomic mass is 9.80. The van der Waals surface area contributed by atoms with Gasteiger partial charge in [-0.2, -0.15) is 0 Å². The largest absolute Gasteiger partial charge is 0.481 e. The molecule has 0 aromatic rings. The predicted molar refractivity (Wildman–Crippen MR) is 53.5 cm³/mol. The summed E-state index contributed by atoms with van der Waals surface area (Å²) in [4.78, 5) is 10.5. The maximum Gasteiger partial charge on any atom is 0.303 e. The second-order valence-corrected chi connectivity index (χ2v) is 4.98. The summed E-state index contributed by atoms with van der Waals surface area (Å²) >= 11 is 0. The van der Waals surface area contributed by atoms with Gasteiger partial charge in [0.05, 0.1) is 0 Å². The Morgan fingerprint density at radius 1 is 1.46 bits per heavy atom. The lowest BCUT2D eigenvalue weighted by molar-refractivity contribution is -0.138. The van der Waals surface area contributed by atoms with Crippen LogP contribution in [0.5, 0.6) is 0 Å². The summed E-state index contributed by atoms with van der Waals surface area (Å²) in [7, 11) is 0. The third-order valence-electron chi connectivity index (χ3n) is 2.05. The van der Waals surface area contributed by atoms with E-state index in [1.165, 1.54) is 0 Å². The first kappa shape index (κ1) is 12.4. The fourth-order valence-corrected chi connectivity index (χ4v) is 1.45. The number of hydrogen-bond acceptors (Lipinski definition) is 2. The summed E-state index contributed by atoms with van der Waals surface area (Å²) in [6, 6.07) is -0.0460. The zero-order chi connectivity index (χ0) is 10.6. The molecule has 0 spiro atoms.